The maximum atomic E-state index is 11.9. The van der Waals surface area contributed by atoms with Crippen LogP contribution in [-0.4, -0.2) is 47.3 Å². The molecule has 0 radical (unpaired) electrons. The molecule has 0 bridgehead atoms. The highest BCUT2D eigenvalue weighted by atomic mass is 16.5. The Morgan fingerprint density at radius 1 is 1.50 bits per heavy atom. The van der Waals surface area contributed by atoms with Gasteiger partial charge in [-0.1, -0.05) is 13.3 Å². The summed E-state index contributed by atoms with van der Waals surface area (Å²) in [7, 11) is 0. The van der Waals surface area contributed by atoms with Gasteiger partial charge < -0.3 is 9.84 Å². The fourth-order valence-electron chi connectivity index (χ4n) is 2.59. The molecule has 1 aliphatic heterocycles. The number of unbranched alkanes of at least 4 members (excludes halogenated alkanes) is 1. The van der Waals surface area contributed by atoms with Crippen molar-refractivity contribution in [2.24, 2.45) is 0 Å². The van der Waals surface area contributed by atoms with E-state index in [4.69, 9.17) is 4.74 Å². The van der Waals surface area contributed by atoms with Crippen molar-refractivity contribution in [2.75, 3.05) is 13.2 Å². The van der Waals surface area contributed by atoms with Gasteiger partial charge in [0.15, 0.2) is 0 Å². The first kappa shape index (κ1) is 15.4. The van der Waals surface area contributed by atoms with Gasteiger partial charge >= 0.3 is 5.97 Å². The lowest BCUT2D eigenvalue weighted by Crippen LogP contribution is -2.44. The summed E-state index contributed by atoms with van der Waals surface area (Å²) in [5.74, 6) is -0.124. The summed E-state index contributed by atoms with van der Waals surface area (Å²) in [6.45, 7) is 7.25. The van der Waals surface area contributed by atoms with Gasteiger partial charge in [-0.05, 0) is 46.1 Å². The molecule has 0 aromatic carbocycles. The average molecular weight is 257 g/mol. The van der Waals surface area contributed by atoms with E-state index in [1.165, 1.54) is 0 Å². The van der Waals surface area contributed by atoms with Crippen LogP contribution in [0.1, 0.15) is 52.9 Å². The first-order chi connectivity index (χ1) is 8.56. The third-order valence-corrected chi connectivity index (χ3v) is 3.62. The summed E-state index contributed by atoms with van der Waals surface area (Å²) in [6.07, 6.45) is 4.57. The van der Waals surface area contributed by atoms with Crippen LogP contribution in [0.2, 0.25) is 0 Å². The highest BCUT2D eigenvalue weighted by molar-refractivity contribution is 5.75. The fourth-order valence-corrected chi connectivity index (χ4v) is 2.59. The zero-order valence-electron chi connectivity index (χ0n) is 11.9. The number of hydrogen-bond acceptors (Lipinski definition) is 4. The van der Waals surface area contributed by atoms with Crippen molar-refractivity contribution in [1.29, 1.82) is 0 Å². The molecule has 1 saturated heterocycles. The SMILES string of the molecule is CCCCOC(=O)C(C)N1CCCC1CC(C)O. The van der Waals surface area contributed by atoms with E-state index in [2.05, 4.69) is 11.8 Å². The van der Waals surface area contributed by atoms with Gasteiger partial charge in [0.25, 0.3) is 0 Å². The van der Waals surface area contributed by atoms with Crippen LogP contribution in [0.3, 0.4) is 0 Å². The van der Waals surface area contributed by atoms with Crippen LogP contribution in [0.4, 0.5) is 0 Å². The second kappa shape index (κ2) is 7.74. The van der Waals surface area contributed by atoms with Crippen LogP contribution in [0.5, 0.6) is 0 Å². The van der Waals surface area contributed by atoms with Gasteiger partial charge in [-0.25, -0.2) is 0 Å². The van der Waals surface area contributed by atoms with E-state index >= 15 is 0 Å². The molecule has 0 aromatic heterocycles. The first-order valence-corrected chi connectivity index (χ1v) is 7.16. The Kier molecular flexibility index (Phi) is 6.65. The van der Waals surface area contributed by atoms with Crippen LogP contribution in [0, 0.1) is 0 Å². The molecule has 0 amide bonds. The molecule has 3 unspecified atom stereocenters. The van der Waals surface area contributed by atoms with Gasteiger partial charge in [0.1, 0.15) is 6.04 Å². The van der Waals surface area contributed by atoms with E-state index in [0.29, 0.717) is 12.6 Å². The fraction of sp³-hybridized carbons (Fsp3) is 0.929. The predicted molar refractivity (Wildman–Crippen MR) is 71.4 cm³/mol. The monoisotopic (exact) mass is 257 g/mol. The van der Waals surface area contributed by atoms with E-state index in [-0.39, 0.29) is 18.1 Å². The number of aliphatic hydroxyl groups excluding tert-OH is 1. The molecule has 4 nitrogen and oxygen atoms in total. The molecule has 0 spiro atoms. The van der Waals surface area contributed by atoms with Gasteiger partial charge in [0.05, 0.1) is 12.7 Å². The largest absolute Gasteiger partial charge is 0.465 e. The topological polar surface area (TPSA) is 49.8 Å². The van der Waals surface area contributed by atoms with Crippen molar-refractivity contribution in [2.45, 2.75) is 71.1 Å². The summed E-state index contributed by atoms with van der Waals surface area (Å²) in [4.78, 5) is 14.1. The molecule has 106 valence electrons. The predicted octanol–water partition coefficient (Wildman–Crippen LogP) is 1.95. The number of aliphatic hydroxyl groups is 1. The van der Waals surface area contributed by atoms with Crippen molar-refractivity contribution in [3.63, 3.8) is 0 Å². The Morgan fingerprint density at radius 2 is 2.22 bits per heavy atom. The first-order valence-electron chi connectivity index (χ1n) is 7.16. The number of rotatable bonds is 7. The second-order valence-corrected chi connectivity index (χ2v) is 5.32. The molecule has 1 aliphatic rings. The Hall–Kier alpha value is -0.610. The Labute approximate surface area is 110 Å². The lowest BCUT2D eigenvalue weighted by Gasteiger charge is -2.29. The Morgan fingerprint density at radius 3 is 2.83 bits per heavy atom. The lowest BCUT2D eigenvalue weighted by atomic mass is 10.1. The number of carbonyl (C=O) groups is 1. The van der Waals surface area contributed by atoms with E-state index < -0.39 is 0 Å². The zero-order chi connectivity index (χ0) is 13.5. The van der Waals surface area contributed by atoms with Crippen LogP contribution in [0.25, 0.3) is 0 Å². The van der Waals surface area contributed by atoms with Crippen LogP contribution in [-0.2, 0) is 9.53 Å². The summed E-state index contributed by atoms with van der Waals surface area (Å²) in [5, 5.41) is 9.48. The number of carbonyl (C=O) groups excluding carboxylic acids is 1. The van der Waals surface area contributed by atoms with Gasteiger partial charge in [-0.15, -0.1) is 0 Å². The van der Waals surface area contributed by atoms with E-state index in [9.17, 15) is 9.90 Å². The number of hydrogen-bond donors (Lipinski definition) is 1. The molecular weight excluding hydrogens is 230 g/mol. The molecule has 0 aliphatic carbocycles. The van der Waals surface area contributed by atoms with Gasteiger partial charge in [0.2, 0.25) is 0 Å². The molecule has 1 rings (SSSR count). The minimum absolute atomic E-state index is 0.124. The molecule has 0 saturated carbocycles. The molecule has 4 heteroatoms. The van der Waals surface area contributed by atoms with Crippen molar-refractivity contribution in [3.05, 3.63) is 0 Å². The molecule has 1 fully saturated rings. The van der Waals surface area contributed by atoms with Gasteiger partial charge in [0, 0.05) is 6.04 Å². The zero-order valence-corrected chi connectivity index (χ0v) is 11.9. The maximum absolute atomic E-state index is 11.9. The van der Waals surface area contributed by atoms with Gasteiger partial charge in [-0.3, -0.25) is 9.69 Å². The normalized spacial score (nSPS) is 23.9. The quantitative estimate of drug-likeness (QED) is 0.559. The number of likely N-dealkylation sites (tertiary alicyclic amines) is 1. The average Bonchev–Trinajstić information content (AvgIpc) is 2.75. The summed E-state index contributed by atoms with van der Waals surface area (Å²) in [6, 6.07) is 0.131. The molecule has 1 heterocycles. The van der Waals surface area contributed by atoms with Crippen LogP contribution in [0.15, 0.2) is 0 Å². The molecular formula is C14H27NO3. The highest BCUT2D eigenvalue weighted by Crippen LogP contribution is 2.24. The minimum Gasteiger partial charge on any atom is -0.465 e. The van der Waals surface area contributed by atoms with Crippen molar-refractivity contribution in [1.82, 2.24) is 4.90 Å². The summed E-state index contributed by atoms with van der Waals surface area (Å²) < 4.78 is 5.27. The maximum Gasteiger partial charge on any atom is 0.323 e. The van der Waals surface area contributed by atoms with E-state index in [0.717, 1.165) is 38.6 Å². The van der Waals surface area contributed by atoms with Crippen LogP contribution < -0.4 is 0 Å². The van der Waals surface area contributed by atoms with E-state index in [1.807, 2.05) is 6.92 Å². The molecule has 18 heavy (non-hydrogen) atoms. The number of ether oxygens (including phenoxy) is 1. The Balaban J connectivity index is 2.43. The van der Waals surface area contributed by atoms with Crippen molar-refractivity contribution < 1.29 is 14.6 Å². The smallest absolute Gasteiger partial charge is 0.323 e. The van der Waals surface area contributed by atoms with Crippen LogP contribution >= 0.6 is 0 Å². The molecule has 1 N–H and O–H groups in total. The van der Waals surface area contributed by atoms with Crippen molar-refractivity contribution >= 4 is 5.97 Å². The highest BCUT2D eigenvalue weighted by Gasteiger charge is 2.33. The summed E-state index contributed by atoms with van der Waals surface area (Å²) in [5.41, 5.74) is 0. The third-order valence-electron chi connectivity index (χ3n) is 3.62. The minimum atomic E-state index is -0.307. The van der Waals surface area contributed by atoms with Gasteiger partial charge in [-0.2, -0.15) is 0 Å². The Bertz CT molecular complexity index is 255. The number of esters is 1. The summed E-state index contributed by atoms with van der Waals surface area (Å²) >= 11 is 0. The standard InChI is InChI=1S/C14H27NO3/c1-4-5-9-18-14(17)12(3)15-8-6-7-13(15)10-11(2)16/h11-13,16H,4-10H2,1-3H3. The van der Waals surface area contributed by atoms with Crippen molar-refractivity contribution in [3.8, 4) is 0 Å². The molecule has 3 atom stereocenters. The number of nitrogens with zero attached hydrogens (tertiary/aromatic N) is 1. The lowest BCUT2D eigenvalue weighted by molar-refractivity contribution is -0.150. The van der Waals surface area contributed by atoms with E-state index in [1.54, 1.807) is 6.92 Å². The second-order valence-electron chi connectivity index (χ2n) is 5.32. The molecule has 0 aromatic rings. The third kappa shape index (κ3) is 4.58.